The molecule has 0 bridgehead atoms. The number of amides is 1. The van der Waals surface area contributed by atoms with Crippen LogP contribution in [0.5, 0.6) is 0 Å². The number of unbranched alkanes of at least 4 members (excludes halogenated alkanes) is 1. The van der Waals surface area contributed by atoms with Crippen molar-refractivity contribution in [2.24, 2.45) is 0 Å². The molecule has 0 saturated carbocycles. The zero-order valence-electron chi connectivity index (χ0n) is 14.0. The van der Waals surface area contributed by atoms with Crippen LogP contribution in [-0.4, -0.2) is 31.5 Å². The average Bonchev–Trinajstić information content (AvgIpc) is 3.25. The van der Waals surface area contributed by atoms with E-state index in [1.54, 1.807) is 0 Å². The van der Waals surface area contributed by atoms with Crippen LogP contribution in [0.1, 0.15) is 43.5 Å². The maximum Gasteiger partial charge on any atom is 0.417 e. The summed E-state index contributed by atoms with van der Waals surface area (Å²) in [6.45, 7) is 0.0520. The third-order valence-electron chi connectivity index (χ3n) is 4.15. The van der Waals surface area contributed by atoms with E-state index in [-0.39, 0.29) is 18.3 Å². The van der Waals surface area contributed by atoms with E-state index in [9.17, 15) is 18.0 Å². The minimum atomic E-state index is -4.44. The Bertz CT molecular complexity index is 760. The number of carbonyl (C=O) groups is 1. The Morgan fingerprint density at radius 3 is 2.88 bits per heavy atom. The van der Waals surface area contributed by atoms with Crippen molar-refractivity contribution in [1.29, 1.82) is 0 Å². The maximum absolute atomic E-state index is 12.8. The Morgan fingerprint density at radius 1 is 1.31 bits per heavy atom. The van der Waals surface area contributed by atoms with Gasteiger partial charge in [-0.3, -0.25) is 9.20 Å². The molecule has 3 heterocycles. The molecule has 5 nitrogen and oxygen atoms in total. The summed E-state index contributed by atoms with van der Waals surface area (Å²) in [5, 5.41) is 11.1. The number of pyridine rings is 1. The molecule has 142 valence electrons. The first kappa shape index (κ1) is 19.3. The van der Waals surface area contributed by atoms with E-state index >= 15 is 0 Å². The normalized spacial score (nSPS) is 17.7. The molecule has 1 atom stereocenters. The van der Waals surface area contributed by atoms with Gasteiger partial charge in [0.15, 0.2) is 11.5 Å². The van der Waals surface area contributed by atoms with Gasteiger partial charge in [-0.05, 0) is 31.4 Å². The third kappa shape index (κ3) is 5.06. The minimum absolute atomic E-state index is 0.0520. The summed E-state index contributed by atoms with van der Waals surface area (Å²) in [5.41, 5.74) is -0.463. The first-order valence-electron chi connectivity index (χ1n) is 8.39. The summed E-state index contributed by atoms with van der Waals surface area (Å²) in [7, 11) is 3.84. The van der Waals surface area contributed by atoms with Crippen molar-refractivity contribution in [2.45, 2.75) is 50.1 Å². The smallest absolute Gasteiger partial charge is 0.349 e. The van der Waals surface area contributed by atoms with Gasteiger partial charge in [-0.2, -0.15) is 13.2 Å². The number of nitrogens with zero attached hydrogens (tertiary/aromatic N) is 3. The van der Waals surface area contributed by atoms with Gasteiger partial charge in [-0.1, -0.05) is 28.0 Å². The fourth-order valence-corrected chi connectivity index (χ4v) is 5.74. The fraction of sp³-hybridized carbons (Fsp3) is 0.562. The first-order valence-corrected chi connectivity index (χ1v) is 10.8. The molecular weight excluding hydrogens is 385 g/mol. The molecule has 1 N–H and O–H groups in total. The monoisotopic (exact) mass is 404 g/mol. The molecule has 0 aliphatic carbocycles. The van der Waals surface area contributed by atoms with Gasteiger partial charge in [-0.25, -0.2) is 0 Å². The van der Waals surface area contributed by atoms with Crippen LogP contribution in [0.25, 0.3) is 5.65 Å². The maximum atomic E-state index is 12.8. The second-order valence-corrected chi connectivity index (χ2v) is 8.90. The third-order valence-corrected chi connectivity index (χ3v) is 7.16. The Hall–Kier alpha value is -1.42. The number of nitrogens with one attached hydrogen (secondary N) is 1. The van der Waals surface area contributed by atoms with Crippen LogP contribution >= 0.6 is 21.6 Å². The SMILES string of the molecule is O=C(CCCCC1CCSS1)NCc1nnc2ccc(C(F)(F)F)cn12. The molecular formula is C16H19F3N4OS2. The van der Waals surface area contributed by atoms with Gasteiger partial charge in [0.1, 0.15) is 0 Å². The van der Waals surface area contributed by atoms with Crippen molar-refractivity contribution < 1.29 is 18.0 Å². The molecule has 1 saturated heterocycles. The van der Waals surface area contributed by atoms with Crippen molar-refractivity contribution in [3.63, 3.8) is 0 Å². The van der Waals surface area contributed by atoms with E-state index in [1.807, 2.05) is 21.6 Å². The lowest BCUT2D eigenvalue weighted by molar-refractivity contribution is -0.137. The highest BCUT2D eigenvalue weighted by Crippen LogP contribution is 2.39. The van der Waals surface area contributed by atoms with Crippen molar-refractivity contribution >= 4 is 33.1 Å². The van der Waals surface area contributed by atoms with Crippen molar-refractivity contribution in [2.75, 3.05) is 5.75 Å². The second-order valence-electron chi connectivity index (χ2n) is 6.11. The lowest BCUT2D eigenvalue weighted by Crippen LogP contribution is -2.23. The minimum Gasteiger partial charge on any atom is -0.349 e. The highest BCUT2D eigenvalue weighted by molar-refractivity contribution is 8.77. The van der Waals surface area contributed by atoms with Crippen LogP contribution in [0.4, 0.5) is 13.2 Å². The summed E-state index contributed by atoms with van der Waals surface area (Å²) >= 11 is 0. The molecule has 26 heavy (non-hydrogen) atoms. The molecule has 1 unspecified atom stereocenters. The fourth-order valence-electron chi connectivity index (χ4n) is 2.71. The van der Waals surface area contributed by atoms with E-state index in [0.717, 1.165) is 31.5 Å². The summed E-state index contributed by atoms with van der Waals surface area (Å²) < 4.78 is 39.7. The molecule has 1 amide bonds. The summed E-state index contributed by atoms with van der Waals surface area (Å²) in [5.74, 6) is 1.36. The van der Waals surface area contributed by atoms with Gasteiger partial charge in [0.05, 0.1) is 12.1 Å². The van der Waals surface area contributed by atoms with E-state index < -0.39 is 11.7 Å². The predicted molar refractivity (Wildman–Crippen MR) is 96.8 cm³/mol. The number of halogens is 3. The summed E-state index contributed by atoms with van der Waals surface area (Å²) in [4.78, 5) is 11.9. The van der Waals surface area contributed by atoms with E-state index in [0.29, 0.717) is 17.3 Å². The molecule has 3 rings (SSSR count). The summed E-state index contributed by atoms with van der Waals surface area (Å²) in [6, 6.07) is 2.23. The van der Waals surface area contributed by atoms with Crippen LogP contribution in [0.2, 0.25) is 0 Å². The van der Waals surface area contributed by atoms with Crippen molar-refractivity contribution in [3.8, 4) is 0 Å². The number of hydrogen-bond donors (Lipinski definition) is 1. The van der Waals surface area contributed by atoms with Crippen LogP contribution in [0, 0.1) is 0 Å². The number of aromatic nitrogens is 3. The zero-order valence-corrected chi connectivity index (χ0v) is 15.6. The number of alkyl halides is 3. The lowest BCUT2D eigenvalue weighted by atomic mass is 10.1. The van der Waals surface area contributed by atoms with Gasteiger partial charge in [0.2, 0.25) is 5.91 Å². The topological polar surface area (TPSA) is 59.3 Å². The number of rotatable bonds is 7. The summed E-state index contributed by atoms with van der Waals surface area (Å²) in [6.07, 6.45) is 1.11. The number of carbonyl (C=O) groups excluding carboxylic acids is 1. The van der Waals surface area contributed by atoms with E-state index in [1.165, 1.54) is 22.6 Å². The van der Waals surface area contributed by atoms with Gasteiger partial charge >= 0.3 is 6.18 Å². The number of hydrogen-bond acceptors (Lipinski definition) is 5. The second kappa shape index (κ2) is 8.51. The largest absolute Gasteiger partial charge is 0.417 e. The molecule has 1 aliphatic rings. The van der Waals surface area contributed by atoms with E-state index in [4.69, 9.17) is 0 Å². The molecule has 0 spiro atoms. The Kier molecular flexibility index (Phi) is 6.33. The average molecular weight is 404 g/mol. The van der Waals surface area contributed by atoms with Crippen LogP contribution < -0.4 is 5.32 Å². The van der Waals surface area contributed by atoms with E-state index in [2.05, 4.69) is 15.5 Å². The van der Waals surface area contributed by atoms with Crippen molar-refractivity contribution in [1.82, 2.24) is 19.9 Å². The quantitative estimate of drug-likeness (QED) is 0.557. The zero-order chi connectivity index (χ0) is 18.6. The van der Waals surface area contributed by atoms with Crippen molar-refractivity contribution in [3.05, 3.63) is 29.7 Å². The van der Waals surface area contributed by atoms with Gasteiger partial charge in [-0.15, -0.1) is 10.2 Å². The van der Waals surface area contributed by atoms with Crippen LogP contribution in [0.3, 0.4) is 0 Å². The molecule has 0 radical (unpaired) electrons. The highest BCUT2D eigenvalue weighted by Gasteiger charge is 2.31. The predicted octanol–water partition coefficient (Wildman–Crippen LogP) is 4.08. The standard InChI is InChI=1S/C16H19F3N4OS2/c17-16(18,19)11-5-6-13-21-22-14(23(13)10-11)9-20-15(24)4-2-1-3-12-7-8-25-26-12/h5-6,10,12H,1-4,7-9H2,(H,20,24). The highest BCUT2D eigenvalue weighted by atomic mass is 33.1. The Morgan fingerprint density at radius 2 is 2.15 bits per heavy atom. The molecule has 10 heteroatoms. The molecule has 1 fully saturated rings. The molecule has 2 aromatic heterocycles. The lowest BCUT2D eigenvalue weighted by Gasteiger charge is -2.08. The molecule has 0 aromatic carbocycles. The van der Waals surface area contributed by atoms with Crippen LogP contribution in [-0.2, 0) is 17.5 Å². The van der Waals surface area contributed by atoms with Gasteiger partial charge in [0.25, 0.3) is 0 Å². The number of fused-ring (bicyclic) bond motifs is 1. The first-order chi connectivity index (χ1) is 12.4. The Balaban J connectivity index is 1.48. The molecule has 1 aliphatic heterocycles. The van der Waals surface area contributed by atoms with Gasteiger partial charge in [0, 0.05) is 23.6 Å². The Labute approximate surface area is 156 Å². The van der Waals surface area contributed by atoms with Gasteiger partial charge < -0.3 is 5.32 Å². The van der Waals surface area contributed by atoms with Crippen LogP contribution in [0.15, 0.2) is 18.3 Å². The molecule has 2 aromatic rings.